The molecule has 0 radical (unpaired) electrons. The van der Waals surface area contributed by atoms with Crippen molar-refractivity contribution in [1.82, 2.24) is 4.90 Å². The summed E-state index contributed by atoms with van der Waals surface area (Å²) in [6.45, 7) is 6.83. The second-order valence-corrected chi connectivity index (χ2v) is 5.10. The Balaban J connectivity index is 1.41. The van der Waals surface area contributed by atoms with Crippen LogP contribution in [0.5, 0.6) is 0 Å². The fraction of sp³-hybridized carbons (Fsp3) is 1.00. The van der Waals surface area contributed by atoms with Crippen LogP contribution in [-0.2, 0) is 4.74 Å². The van der Waals surface area contributed by atoms with Gasteiger partial charge in [-0.25, -0.2) is 0 Å². The van der Waals surface area contributed by atoms with Crippen molar-refractivity contribution in [1.29, 1.82) is 0 Å². The van der Waals surface area contributed by atoms with Gasteiger partial charge < -0.3 is 15.4 Å². The van der Waals surface area contributed by atoms with E-state index in [1.165, 1.54) is 45.3 Å². The zero-order chi connectivity index (χ0) is 10.5. The summed E-state index contributed by atoms with van der Waals surface area (Å²) in [6, 6.07) is 0. The van der Waals surface area contributed by atoms with Gasteiger partial charge in [-0.1, -0.05) is 0 Å². The zero-order valence-electron chi connectivity index (χ0n) is 9.66. The molecule has 15 heavy (non-hydrogen) atoms. The molecular weight excluding hydrogens is 188 g/mol. The summed E-state index contributed by atoms with van der Waals surface area (Å²) in [5, 5.41) is 0. The molecule has 3 heteroatoms. The van der Waals surface area contributed by atoms with E-state index in [1.54, 1.807) is 0 Å². The number of ether oxygens (including phenoxy) is 1. The molecule has 0 bridgehead atoms. The van der Waals surface area contributed by atoms with Crippen molar-refractivity contribution in [3.05, 3.63) is 0 Å². The summed E-state index contributed by atoms with van der Waals surface area (Å²) >= 11 is 0. The van der Waals surface area contributed by atoms with E-state index in [4.69, 9.17) is 10.5 Å². The molecule has 3 nitrogen and oxygen atoms in total. The van der Waals surface area contributed by atoms with Gasteiger partial charge in [0.2, 0.25) is 0 Å². The first-order valence-electron chi connectivity index (χ1n) is 6.38. The van der Waals surface area contributed by atoms with Crippen LogP contribution in [0, 0.1) is 11.8 Å². The van der Waals surface area contributed by atoms with E-state index in [9.17, 15) is 0 Å². The molecule has 2 N–H and O–H groups in total. The van der Waals surface area contributed by atoms with Crippen LogP contribution in [-0.4, -0.2) is 44.3 Å². The second-order valence-electron chi connectivity index (χ2n) is 5.10. The zero-order valence-corrected chi connectivity index (χ0v) is 9.66. The number of nitrogens with zero attached hydrogens (tertiary/aromatic N) is 1. The fourth-order valence-corrected chi connectivity index (χ4v) is 2.50. The lowest BCUT2D eigenvalue weighted by atomic mass is 9.93. The molecule has 0 unspecified atom stereocenters. The largest absolute Gasteiger partial charge is 0.381 e. The second kappa shape index (κ2) is 5.83. The minimum atomic E-state index is 0.859. The van der Waals surface area contributed by atoms with E-state index in [1.807, 2.05) is 0 Å². The van der Waals surface area contributed by atoms with Crippen LogP contribution in [0.25, 0.3) is 0 Å². The lowest BCUT2D eigenvalue weighted by Crippen LogP contribution is -2.47. The predicted octanol–water partition coefficient (Wildman–Crippen LogP) is 1.08. The van der Waals surface area contributed by atoms with Crippen molar-refractivity contribution >= 4 is 0 Å². The van der Waals surface area contributed by atoms with Gasteiger partial charge in [-0.15, -0.1) is 0 Å². The maximum Gasteiger partial charge on any atom is 0.0516 e. The first-order chi connectivity index (χ1) is 7.38. The van der Waals surface area contributed by atoms with Crippen LogP contribution < -0.4 is 5.73 Å². The highest BCUT2D eigenvalue weighted by Gasteiger charge is 2.26. The average molecular weight is 212 g/mol. The molecule has 2 rings (SSSR count). The third-order valence-corrected chi connectivity index (χ3v) is 3.64. The minimum Gasteiger partial charge on any atom is -0.381 e. The third-order valence-electron chi connectivity index (χ3n) is 3.64. The molecule has 0 aromatic rings. The van der Waals surface area contributed by atoms with Crippen LogP contribution >= 0.6 is 0 Å². The van der Waals surface area contributed by atoms with Crippen LogP contribution in [0.3, 0.4) is 0 Å². The van der Waals surface area contributed by atoms with E-state index in [0.29, 0.717) is 0 Å². The smallest absolute Gasteiger partial charge is 0.0516 e. The van der Waals surface area contributed by atoms with Crippen LogP contribution in [0.1, 0.15) is 25.7 Å². The Labute approximate surface area is 93.0 Å². The first kappa shape index (κ1) is 11.4. The quantitative estimate of drug-likeness (QED) is 0.686. The molecule has 0 amide bonds. The Morgan fingerprint density at radius 3 is 2.40 bits per heavy atom. The number of hydrogen-bond donors (Lipinski definition) is 1. The highest BCUT2D eigenvalue weighted by atomic mass is 16.5. The molecular formula is C12H24N2O. The van der Waals surface area contributed by atoms with Gasteiger partial charge in [0, 0.05) is 19.0 Å². The maximum absolute atomic E-state index is 5.50. The molecule has 0 aliphatic carbocycles. The highest BCUT2D eigenvalue weighted by Crippen LogP contribution is 2.22. The monoisotopic (exact) mass is 212 g/mol. The molecule has 2 aliphatic heterocycles. The van der Waals surface area contributed by atoms with Crippen molar-refractivity contribution in [2.75, 3.05) is 39.4 Å². The van der Waals surface area contributed by atoms with Gasteiger partial charge in [-0.05, 0) is 44.7 Å². The van der Waals surface area contributed by atoms with Gasteiger partial charge in [0.05, 0.1) is 13.2 Å². The number of rotatable bonds is 7. The summed E-state index contributed by atoms with van der Waals surface area (Å²) in [4.78, 5) is 2.58. The Morgan fingerprint density at radius 1 is 1.07 bits per heavy atom. The third kappa shape index (κ3) is 3.44. The normalized spacial score (nSPS) is 23.8. The molecule has 2 saturated heterocycles. The van der Waals surface area contributed by atoms with Crippen LogP contribution in [0.15, 0.2) is 0 Å². The van der Waals surface area contributed by atoms with Gasteiger partial charge in [-0.3, -0.25) is 0 Å². The molecule has 88 valence electrons. The Morgan fingerprint density at radius 2 is 1.80 bits per heavy atom. The summed E-state index contributed by atoms with van der Waals surface area (Å²) in [6.07, 6.45) is 5.27. The standard InChI is InChI=1S/C12H24N2O/c13-5-1-3-11-7-14(8-11)6-2-4-12-9-15-10-12/h11-12H,1-10,13H2. The minimum absolute atomic E-state index is 0.859. The number of hydrogen-bond acceptors (Lipinski definition) is 3. The lowest BCUT2D eigenvalue weighted by molar-refractivity contribution is -0.0383. The molecule has 0 aromatic heterocycles. The summed E-state index contributed by atoms with van der Waals surface area (Å²) in [5.41, 5.74) is 5.50. The Bertz CT molecular complexity index is 176. The predicted molar refractivity (Wildman–Crippen MR) is 61.8 cm³/mol. The lowest BCUT2D eigenvalue weighted by Gasteiger charge is -2.40. The van der Waals surface area contributed by atoms with E-state index < -0.39 is 0 Å². The van der Waals surface area contributed by atoms with Crippen molar-refractivity contribution < 1.29 is 4.74 Å². The van der Waals surface area contributed by atoms with Crippen molar-refractivity contribution in [3.63, 3.8) is 0 Å². The van der Waals surface area contributed by atoms with Crippen molar-refractivity contribution in [3.8, 4) is 0 Å². The molecule has 0 saturated carbocycles. The van der Waals surface area contributed by atoms with E-state index in [2.05, 4.69) is 4.90 Å². The fourth-order valence-electron chi connectivity index (χ4n) is 2.50. The van der Waals surface area contributed by atoms with E-state index >= 15 is 0 Å². The van der Waals surface area contributed by atoms with Crippen molar-refractivity contribution in [2.24, 2.45) is 17.6 Å². The molecule has 2 heterocycles. The summed E-state index contributed by atoms with van der Waals surface area (Å²) in [5.74, 6) is 1.82. The molecule has 0 aromatic carbocycles. The molecule has 2 fully saturated rings. The molecule has 2 aliphatic rings. The van der Waals surface area contributed by atoms with Gasteiger partial charge in [0.15, 0.2) is 0 Å². The van der Waals surface area contributed by atoms with E-state index in [-0.39, 0.29) is 0 Å². The van der Waals surface area contributed by atoms with Gasteiger partial charge in [0.25, 0.3) is 0 Å². The number of likely N-dealkylation sites (tertiary alicyclic amines) is 1. The van der Waals surface area contributed by atoms with Crippen LogP contribution in [0.4, 0.5) is 0 Å². The van der Waals surface area contributed by atoms with Crippen molar-refractivity contribution in [2.45, 2.75) is 25.7 Å². The van der Waals surface area contributed by atoms with Gasteiger partial charge in [0.1, 0.15) is 0 Å². The summed E-state index contributed by atoms with van der Waals surface area (Å²) < 4.78 is 5.17. The average Bonchev–Trinajstić information content (AvgIpc) is 2.10. The molecule has 0 spiro atoms. The van der Waals surface area contributed by atoms with E-state index in [0.717, 1.165) is 31.6 Å². The van der Waals surface area contributed by atoms with Crippen LogP contribution in [0.2, 0.25) is 0 Å². The molecule has 0 atom stereocenters. The Hall–Kier alpha value is -0.120. The summed E-state index contributed by atoms with van der Waals surface area (Å²) in [7, 11) is 0. The topological polar surface area (TPSA) is 38.5 Å². The van der Waals surface area contributed by atoms with Gasteiger partial charge in [-0.2, -0.15) is 0 Å². The first-order valence-corrected chi connectivity index (χ1v) is 6.38. The maximum atomic E-state index is 5.50. The highest BCUT2D eigenvalue weighted by molar-refractivity contribution is 4.80. The SMILES string of the molecule is NCCCC1CN(CCCC2COC2)C1. The number of nitrogens with two attached hydrogens (primary N) is 1. The van der Waals surface area contributed by atoms with Gasteiger partial charge >= 0.3 is 0 Å². The Kier molecular flexibility index (Phi) is 4.42.